The fourth-order valence-electron chi connectivity index (χ4n) is 2.39. The van der Waals surface area contributed by atoms with E-state index in [1.54, 1.807) is 6.07 Å². The number of carbonyl (C=O) groups excluding carboxylic acids is 2. The summed E-state index contributed by atoms with van der Waals surface area (Å²) < 4.78 is 5.45. The first kappa shape index (κ1) is 18.7. The van der Waals surface area contributed by atoms with Gasteiger partial charge in [0, 0.05) is 12.8 Å². The Morgan fingerprint density at radius 2 is 2.00 bits per heavy atom. The average Bonchev–Trinajstić information content (AvgIpc) is 2.47. The zero-order valence-electron chi connectivity index (χ0n) is 12.1. The van der Waals surface area contributed by atoms with Crippen LogP contribution < -0.4 is 16.4 Å². The second-order valence-electron chi connectivity index (χ2n) is 4.96. The van der Waals surface area contributed by atoms with Crippen LogP contribution in [0.3, 0.4) is 0 Å². The molecule has 122 valence electrons. The lowest BCUT2D eigenvalue weighted by Crippen LogP contribution is -2.51. The largest absolute Gasteiger partial charge is 0.368 e. The van der Waals surface area contributed by atoms with Crippen LogP contribution in [0.5, 0.6) is 0 Å². The zero-order chi connectivity index (χ0) is 15.5. The molecule has 1 aromatic rings. The fourth-order valence-corrected chi connectivity index (χ4v) is 2.67. The summed E-state index contributed by atoms with van der Waals surface area (Å²) in [5, 5.41) is 6.18. The third-order valence-corrected chi connectivity index (χ3v) is 4.02. The summed E-state index contributed by atoms with van der Waals surface area (Å²) in [6.07, 6.45) is 1.20. The average molecular weight is 348 g/mol. The van der Waals surface area contributed by atoms with E-state index in [9.17, 15) is 9.59 Å². The predicted molar refractivity (Wildman–Crippen MR) is 87.7 cm³/mol. The van der Waals surface area contributed by atoms with Gasteiger partial charge in [0.2, 0.25) is 5.91 Å². The minimum atomic E-state index is -0.833. The minimum Gasteiger partial charge on any atom is -0.368 e. The number of methoxy groups -OCH3 is 1. The molecule has 1 fully saturated rings. The Morgan fingerprint density at radius 1 is 1.36 bits per heavy atom. The van der Waals surface area contributed by atoms with Crippen LogP contribution in [0.15, 0.2) is 18.2 Å². The smallest absolute Gasteiger partial charge is 0.256 e. The van der Waals surface area contributed by atoms with Crippen LogP contribution in [0.1, 0.15) is 23.2 Å². The number of hydrogen-bond acceptors (Lipinski definition) is 4. The third kappa shape index (κ3) is 3.89. The summed E-state index contributed by atoms with van der Waals surface area (Å²) in [4.78, 5) is 23.6. The number of primary amides is 1. The van der Waals surface area contributed by atoms with Crippen LogP contribution >= 0.6 is 24.0 Å². The standard InChI is InChI=1S/C14H18ClN3O3.ClH/c1-21-14(4-6-17-7-5-14)13(20)18-9-2-3-10(12(16)19)11(15)8-9;/h2-3,8,17H,4-7H2,1H3,(H2,16,19)(H,18,20);1H. The number of benzene rings is 1. The molecule has 0 saturated carbocycles. The van der Waals surface area contributed by atoms with E-state index in [2.05, 4.69) is 10.6 Å². The van der Waals surface area contributed by atoms with Crippen molar-refractivity contribution in [1.29, 1.82) is 0 Å². The van der Waals surface area contributed by atoms with Gasteiger partial charge >= 0.3 is 0 Å². The van der Waals surface area contributed by atoms with Gasteiger partial charge in [-0.25, -0.2) is 0 Å². The number of hydrogen-bond donors (Lipinski definition) is 3. The summed E-state index contributed by atoms with van der Waals surface area (Å²) in [5.74, 6) is -0.820. The molecule has 0 spiro atoms. The van der Waals surface area contributed by atoms with E-state index in [0.29, 0.717) is 18.5 Å². The van der Waals surface area contributed by atoms with Crippen molar-refractivity contribution >= 4 is 41.5 Å². The molecule has 2 rings (SSSR count). The van der Waals surface area contributed by atoms with Crippen LogP contribution in [0.25, 0.3) is 0 Å². The Morgan fingerprint density at radius 3 is 2.50 bits per heavy atom. The van der Waals surface area contributed by atoms with Gasteiger partial charge in [0.15, 0.2) is 0 Å². The Kier molecular flexibility index (Phi) is 6.62. The van der Waals surface area contributed by atoms with E-state index < -0.39 is 11.5 Å². The van der Waals surface area contributed by atoms with Crippen LogP contribution in [0.2, 0.25) is 5.02 Å². The van der Waals surface area contributed by atoms with Crippen molar-refractivity contribution in [1.82, 2.24) is 5.32 Å². The lowest BCUT2D eigenvalue weighted by atomic mass is 9.91. The first-order valence-electron chi connectivity index (χ1n) is 6.65. The summed E-state index contributed by atoms with van der Waals surface area (Å²) in [6.45, 7) is 1.45. The Hall–Kier alpha value is -1.34. The number of halogens is 2. The quantitative estimate of drug-likeness (QED) is 0.770. The first-order valence-corrected chi connectivity index (χ1v) is 7.03. The molecule has 0 radical (unpaired) electrons. The van der Waals surface area contributed by atoms with E-state index in [4.69, 9.17) is 22.1 Å². The topological polar surface area (TPSA) is 93.4 Å². The second-order valence-corrected chi connectivity index (χ2v) is 5.37. The predicted octanol–water partition coefficient (Wildman–Crippen LogP) is 1.57. The molecule has 0 aliphatic carbocycles. The maximum Gasteiger partial charge on any atom is 0.256 e. The monoisotopic (exact) mass is 347 g/mol. The highest BCUT2D eigenvalue weighted by Gasteiger charge is 2.39. The van der Waals surface area contributed by atoms with Gasteiger partial charge in [-0.15, -0.1) is 12.4 Å². The zero-order valence-corrected chi connectivity index (χ0v) is 13.7. The molecule has 6 nitrogen and oxygen atoms in total. The Balaban J connectivity index is 0.00000242. The number of carbonyl (C=O) groups is 2. The lowest BCUT2D eigenvalue weighted by Gasteiger charge is -2.34. The Labute approximate surface area is 140 Å². The number of nitrogens with one attached hydrogen (secondary N) is 2. The molecule has 4 N–H and O–H groups in total. The highest BCUT2D eigenvalue weighted by molar-refractivity contribution is 6.34. The van der Waals surface area contributed by atoms with E-state index in [-0.39, 0.29) is 28.9 Å². The molecular weight excluding hydrogens is 329 g/mol. The highest BCUT2D eigenvalue weighted by Crippen LogP contribution is 2.26. The number of nitrogens with two attached hydrogens (primary N) is 1. The van der Waals surface area contributed by atoms with Gasteiger partial charge in [-0.05, 0) is 44.1 Å². The van der Waals surface area contributed by atoms with Crippen LogP contribution in [0, 0.1) is 0 Å². The Bertz CT molecular complexity index is 560. The van der Waals surface area contributed by atoms with Gasteiger partial charge in [0.05, 0.1) is 10.6 Å². The molecular formula is C14H19Cl2N3O3. The summed E-state index contributed by atoms with van der Waals surface area (Å²) in [7, 11) is 1.54. The first-order chi connectivity index (χ1) is 9.98. The van der Waals surface area contributed by atoms with Crippen molar-refractivity contribution in [3.8, 4) is 0 Å². The van der Waals surface area contributed by atoms with Gasteiger partial charge in [-0.3, -0.25) is 9.59 Å². The van der Waals surface area contributed by atoms with Crippen molar-refractivity contribution in [2.45, 2.75) is 18.4 Å². The molecule has 1 aliphatic heterocycles. The molecule has 2 amide bonds. The van der Waals surface area contributed by atoms with Gasteiger partial charge in [0.1, 0.15) is 5.60 Å². The SMILES string of the molecule is COC1(C(=O)Nc2ccc(C(N)=O)c(Cl)c2)CCNCC1.Cl. The highest BCUT2D eigenvalue weighted by atomic mass is 35.5. The van der Waals surface area contributed by atoms with Crippen molar-refractivity contribution < 1.29 is 14.3 Å². The van der Waals surface area contributed by atoms with Gasteiger partial charge in [-0.2, -0.15) is 0 Å². The molecule has 0 bridgehead atoms. The van der Waals surface area contributed by atoms with Gasteiger partial charge in [0.25, 0.3) is 5.91 Å². The number of rotatable bonds is 4. The summed E-state index contributed by atoms with van der Waals surface area (Å²) in [6, 6.07) is 4.58. The van der Waals surface area contributed by atoms with Crippen LogP contribution in [-0.2, 0) is 9.53 Å². The van der Waals surface area contributed by atoms with E-state index in [1.807, 2.05) is 0 Å². The van der Waals surface area contributed by atoms with Crippen molar-refractivity contribution in [3.05, 3.63) is 28.8 Å². The molecule has 8 heteroatoms. The number of amides is 2. The normalized spacial score (nSPS) is 16.5. The maximum absolute atomic E-state index is 12.5. The lowest BCUT2D eigenvalue weighted by molar-refractivity contribution is -0.140. The molecule has 1 aromatic carbocycles. The number of piperidine rings is 1. The molecule has 0 unspecified atom stereocenters. The molecule has 0 aromatic heterocycles. The van der Waals surface area contributed by atoms with E-state index in [1.165, 1.54) is 19.2 Å². The van der Waals surface area contributed by atoms with Crippen molar-refractivity contribution in [3.63, 3.8) is 0 Å². The molecule has 1 aliphatic rings. The van der Waals surface area contributed by atoms with Crippen molar-refractivity contribution in [2.75, 3.05) is 25.5 Å². The molecule has 0 atom stereocenters. The van der Waals surface area contributed by atoms with Crippen LogP contribution in [-0.4, -0.2) is 37.6 Å². The molecule has 1 heterocycles. The second kappa shape index (κ2) is 7.78. The summed E-state index contributed by atoms with van der Waals surface area (Å²) in [5.41, 5.74) is 5.08. The van der Waals surface area contributed by atoms with Gasteiger partial charge < -0.3 is 21.1 Å². The summed E-state index contributed by atoms with van der Waals surface area (Å²) >= 11 is 5.97. The number of anilines is 1. The fraction of sp³-hybridized carbons (Fsp3) is 0.429. The van der Waals surface area contributed by atoms with Gasteiger partial charge in [-0.1, -0.05) is 11.6 Å². The van der Waals surface area contributed by atoms with Crippen LogP contribution in [0.4, 0.5) is 5.69 Å². The minimum absolute atomic E-state index is 0. The van der Waals surface area contributed by atoms with E-state index in [0.717, 1.165) is 13.1 Å². The third-order valence-electron chi connectivity index (χ3n) is 3.71. The molecule has 1 saturated heterocycles. The van der Waals surface area contributed by atoms with E-state index >= 15 is 0 Å². The van der Waals surface area contributed by atoms with Crippen molar-refractivity contribution in [2.24, 2.45) is 5.73 Å². The molecule has 22 heavy (non-hydrogen) atoms. The number of ether oxygens (including phenoxy) is 1. The maximum atomic E-state index is 12.5.